The molecule has 1 amide bonds. The minimum Gasteiger partial charge on any atom is -0.318 e. The Morgan fingerprint density at radius 1 is 1.22 bits per heavy atom. The molecule has 0 radical (unpaired) electrons. The SMILES string of the molecule is CC(C)c1ccc(N(C)C(=O)Cn2cnc3ncncc32)cc1. The highest BCUT2D eigenvalue weighted by Crippen LogP contribution is 2.20. The van der Waals surface area contributed by atoms with Gasteiger partial charge in [-0.25, -0.2) is 15.0 Å². The van der Waals surface area contributed by atoms with Crippen molar-refractivity contribution in [2.45, 2.75) is 26.3 Å². The number of hydrogen-bond donors (Lipinski definition) is 0. The molecule has 0 aliphatic rings. The average molecular weight is 309 g/mol. The van der Waals surface area contributed by atoms with Gasteiger partial charge in [-0.1, -0.05) is 26.0 Å². The normalized spacial score (nSPS) is 11.1. The van der Waals surface area contributed by atoms with Gasteiger partial charge in [0.2, 0.25) is 5.91 Å². The van der Waals surface area contributed by atoms with Crippen LogP contribution in [0, 0.1) is 0 Å². The van der Waals surface area contributed by atoms with E-state index in [2.05, 4.69) is 40.9 Å². The van der Waals surface area contributed by atoms with Gasteiger partial charge in [0.25, 0.3) is 0 Å². The van der Waals surface area contributed by atoms with Crippen molar-refractivity contribution in [3.05, 3.63) is 48.7 Å². The third kappa shape index (κ3) is 3.06. The molecule has 0 unspecified atom stereocenters. The van der Waals surface area contributed by atoms with Crippen molar-refractivity contribution in [3.8, 4) is 0 Å². The fourth-order valence-electron chi connectivity index (χ4n) is 2.41. The molecular formula is C17H19N5O. The molecule has 118 valence electrons. The van der Waals surface area contributed by atoms with Crippen LogP contribution in [-0.4, -0.2) is 32.5 Å². The molecule has 0 fully saturated rings. The van der Waals surface area contributed by atoms with E-state index < -0.39 is 0 Å². The Labute approximate surface area is 134 Å². The van der Waals surface area contributed by atoms with E-state index in [1.54, 1.807) is 29.0 Å². The fraction of sp³-hybridized carbons (Fsp3) is 0.294. The van der Waals surface area contributed by atoms with E-state index >= 15 is 0 Å². The van der Waals surface area contributed by atoms with Crippen LogP contribution in [0.5, 0.6) is 0 Å². The molecule has 0 aliphatic carbocycles. The standard InChI is InChI=1S/C17H19N5O/c1-12(2)13-4-6-14(7-5-13)21(3)16(23)9-22-11-20-17-15(22)8-18-10-19-17/h4-8,10-12H,9H2,1-3H3. The molecule has 6 nitrogen and oxygen atoms in total. The Hall–Kier alpha value is -2.76. The zero-order valence-electron chi connectivity index (χ0n) is 13.5. The van der Waals surface area contributed by atoms with Gasteiger partial charge in [0, 0.05) is 12.7 Å². The van der Waals surface area contributed by atoms with Crippen LogP contribution in [-0.2, 0) is 11.3 Å². The second-order valence-electron chi connectivity index (χ2n) is 5.80. The summed E-state index contributed by atoms with van der Waals surface area (Å²) < 4.78 is 1.76. The molecule has 2 heterocycles. The molecule has 0 N–H and O–H groups in total. The molecule has 3 aromatic rings. The summed E-state index contributed by atoms with van der Waals surface area (Å²) in [4.78, 5) is 26.4. The summed E-state index contributed by atoms with van der Waals surface area (Å²) in [6.45, 7) is 4.50. The van der Waals surface area contributed by atoms with Gasteiger partial charge < -0.3 is 9.47 Å². The lowest BCUT2D eigenvalue weighted by Crippen LogP contribution is -2.29. The molecule has 2 aromatic heterocycles. The predicted octanol–water partition coefficient (Wildman–Crippen LogP) is 2.61. The molecule has 3 rings (SSSR count). The van der Waals surface area contributed by atoms with Gasteiger partial charge >= 0.3 is 0 Å². The summed E-state index contributed by atoms with van der Waals surface area (Å²) in [5.41, 5.74) is 3.48. The molecular weight excluding hydrogens is 290 g/mol. The zero-order chi connectivity index (χ0) is 16.4. The molecule has 6 heteroatoms. The van der Waals surface area contributed by atoms with Gasteiger partial charge in [-0.2, -0.15) is 0 Å². The number of fused-ring (bicyclic) bond motifs is 1. The number of carbonyl (C=O) groups excluding carboxylic acids is 1. The molecule has 0 saturated heterocycles. The molecule has 0 saturated carbocycles. The number of rotatable bonds is 4. The first kappa shape index (κ1) is 15.1. The Morgan fingerprint density at radius 2 is 1.96 bits per heavy atom. The van der Waals surface area contributed by atoms with E-state index in [4.69, 9.17) is 0 Å². The summed E-state index contributed by atoms with van der Waals surface area (Å²) in [5.74, 6) is 0.452. The van der Waals surface area contributed by atoms with Gasteiger partial charge in [0.05, 0.1) is 12.5 Å². The van der Waals surface area contributed by atoms with Crippen LogP contribution in [0.3, 0.4) is 0 Å². The second kappa shape index (κ2) is 6.16. The van der Waals surface area contributed by atoms with Gasteiger partial charge in [0.15, 0.2) is 5.65 Å². The Balaban J connectivity index is 1.77. The molecule has 0 spiro atoms. The molecule has 0 bridgehead atoms. The van der Waals surface area contributed by atoms with E-state index in [-0.39, 0.29) is 12.5 Å². The van der Waals surface area contributed by atoms with Crippen molar-refractivity contribution in [2.24, 2.45) is 0 Å². The van der Waals surface area contributed by atoms with Crippen molar-refractivity contribution in [1.29, 1.82) is 0 Å². The first-order chi connectivity index (χ1) is 11.1. The van der Waals surface area contributed by atoms with E-state index in [9.17, 15) is 4.79 Å². The highest BCUT2D eigenvalue weighted by atomic mass is 16.2. The van der Waals surface area contributed by atoms with Gasteiger partial charge in [-0.05, 0) is 23.6 Å². The summed E-state index contributed by atoms with van der Waals surface area (Å²) in [6.07, 6.45) is 4.73. The van der Waals surface area contributed by atoms with Crippen molar-refractivity contribution >= 4 is 22.8 Å². The minimum absolute atomic E-state index is 0.0227. The molecule has 0 atom stereocenters. The maximum atomic E-state index is 12.5. The largest absolute Gasteiger partial charge is 0.318 e. The Bertz CT molecular complexity index is 822. The average Bonchev–Trinajstić information content (AvgIpc) is 2.97. The third-order valence-electron chi connectivity index (χ3n) is 3.93. The Morgan fingerprint density at radius 3 is 2.65 bits per heavy atom. The number of imidazole rings is 1. The van der Waals surface area contributed by atoms with E-state index in [1.807, 2.05) is 12.1 Å². The third-order valence-corrected chi connectivity index (χ3v) is 3.93. The van der Waals surface area contributed by atoms with E-state index in [1.165, 1.54) is 11.9 Å². The van der Waals surface area contributed by atoms with Crippen molar-refractivity contribution in [3.63, 3.8) is 0 Å². The van der Waals surface area contributed by atoms with Crippen LogP contribution in [0.15, 0.2) is 43.1 Å². The predicted molar refractivity (Wildman–Crippen MR) is 89.3 cm³/mol. The number of likely N-dealkylation sites (N-methyl/N-ethyl adjacent to an activating group) is 1. The molecule has 23 heavy (non-hydrogen) atoms. The minimum atomic E-state index is -0.0227. The van der Waals surface area contributed by atoms with Crippen molar-refractivity contribution in [1.82, 2.24) is 19.5 Å². The quantitative estimate of drug-likeness (QED) is 0.743. The van der Waals surface area contributed by atoms with Crippen LogP contribution in [0.2, 0.25) is 0 Å². The molecule has 0 aliphatic heterocycles. The molecule has 1 aromatic carbocycles. The number of carbonyl (C=O) groups is 1. The van der Waals surface area contributed by atoms with Crippen LogP contribution in [0.25, 0.3) is 11.2 Å². The van der Waals surface area contributed by atoms with E-state index in [0.717, 1.165) is 11.2 Å². The lowest BCUT2D eigenvalue weighted by molar-refractivity contribution is -0.118. The van der Waals surface area contributed by atoms with Gasteiger partial charge in [-0.15, -0.1) is 0 Å². The van der Waals surface area contributed by atoms with Gasteiger partial charge in [0.1, 0.15) is 18.4 Å². The summed E-state index contributed by atoms with van der Waals surface area (Å²) in [6, 6.07) is 8.07. The Kier molecular flexibility index (Phi) is 4.06. The number of hydrogen-bond acceptors (Lipinski definition) is 4. The van der Waals surface area contributed by atoms with E-state index in [0.29, 0.717) is 11.6 Å². The maximum Gasteiger partial charge on any atom is 0.246 e. The number of benzene rings is 1. The van der Waals surface area contributed by atoms with Crippen LogP contribution in [0.4, 0.5) is 5.69 Å². The second-order valence-corrected chi connectivity index (χ2v) is 5.80. The first-order valence-electron chi connectivity index (χ1n) is 7.53. The topological polar surface area (TPSA) is 63.9 Å². The highest BCUT2D eigenvalue weighted by Gasteiger charge is 2.14. The monoisotopic (exact) mass is 309 g/mol. The number of aromatic nitrogens is 4. The van der Waals surface area contributed by atoms with Crippen molar-refractivity contribution < 1.29 is 4.79 Å². The van der Waals surface area contributed by atoms with Crippen LogP contribution in [0.1, 0.15) is 25.3 Å². The van der Waals surface area contributed by atoms with Gasteiger partial charge in [-0.3, -0.25) is 4.79 Å². The summed E-state index contributed by atoms with van der Waals surface area (Å²) in [7, 11) is 1.78. The smallest absolute Gasteiger partial charge is 0.246 e. The van der Waals surface area contributed by atoms with Crippen LogP contribution >= 0.6 is 0 Å². The zero-order valence-corrected chi connectivity index (χ0v) is 13.5. The first-order valence-corrected chi connectivity index (χ1v) is 7.53. The number of nitrogens with zero attached hydrogens (tertiary/aromatic N) is 5. The summed E-state index contributed by atoms with van der Waals surface area (Å²) in [5, 5.41) is 0. The lowest BCUT2D eigenvalue weighted by Gasteiger charge is -2.18. The number of amides is 1. The van der Waals surface area contributed by atoms with Crippen LogP contribution < -0.4 is 4.90 Å². The van der Waals surface area contributed by atoms with Crippen molar-refractivity contribution in [2.75, 3.05) is 11.9 Å². The maximum absolute atomic E-state index is 12.5. The lowest BCUT2D eigenvalue weighted by atomic mass is 10.0. The summed E-state index contributed by atoms with van der Waals surface area (Å²) >= 11 is 0. The number of anilines is 1. The highest BCUT2D eigenvalue weighted by molar-refractivity contribution is 5.93. The fourth-order valence-corrected chi connectivity index (χ4v) is 2.41.